The Labute approximate surface area is 101 Å². The van der Waals surface area contributed by atoms with Crippen LogP contribution in [-0.2, 0) is 13.5 Å². The molecule has 4 nitrogen and oxygen atoms in total. The maximum atomic E-state index is 6.07. The number of anilines is 1. The van der Waals surface area contributed by atoms with Crippen LogP contribution in [0.4, 0.5) is 5.82 Å². The maximum absolute atomic E-state index is 6.07. The van der Waals surface area contributed by atoms with E-state index in [4.69, 9.17) is 10.2 Å². The summed E-state index contributed by atoms with van der Waals surface area (Å²) in [5.41, 5.74) is 9.13. The number of aromatic nitrogens is 2. The average Bonchev–Trinajstić information content (AvgIpc) is 2.77. The fourth-order valence-electron chi connectivity index (χ4n) is 1.99. The molecular formula is C13H19N3O. The lowest BCUT2D eigenvalue weighted by molar-refractivity contribution is 0.534. The lowest BCUT2D eigenvalue weighted by Crippen LogP contribution is -2.01. The van der Waals surface area contributed by atoms with Crippen LogP contribution in [0.1, 0.15) is 25.2 Å². The average molecular weight is 233 g/mol. The fourth-order valence-corrected chi connectivity index (χ4v) is 1.99. The van der Waals surface area contributed by atoms with Crippen LogP contribution in [0.15, 0.2) is 16.7 Å². The fraction of sp³-hybridized carbons (Fsp3) is 0.462. The molecule has 0 aliphatic carbocycles. The highest BCUT2D eigenvalue weighted by Crippen LogP contribution is 2.29. The molecule has 0 radical (unpaired) electrons. The first-order valence-electron chi connectivity index (χ1n) is 5.86. The van der Waals surface area contributed by atoms with Crippen molar-refractivity contribution in [2.75, 3.05) is 5.73 Å². The van der Waals surface area contributed by atoms with Crippen molar-refractivity contribution in [1.29, 1.82) is 0 Å². The number of nitrogens with two attached hydrogens (primary N) is 1. The van der Waals surface area contributed by atoms with Crippen LogP contribution in [0.25, 0.3) is 11.3 Å². The van der Waals surface area contributed by atoms with Gasteiger partial charge in [0.15, 0.2) is 0 Å². The molecule has 0 saturated heterocycles. The monoisotopic (exact) mass is 233 g/mol. The van der Waals surface area contributed by atoms with E-state index in [0.29, 0.717) is 5.92 Å². The zero-order chi connectivity index (χ0) is 12.6. The van der Waals surface area contributed by atoms with Gasteiger partial charge in [-0.1, -0.05) is 13.8 Å². The van der Waals surface area contributed by atoms with Gasteiger partial charge in [-0.15, -0.1) is 0 Å². The van der Waals surface area contributed by atoms with Crippen LogP contribution < -0.4 is 5.73 Å². The molecule has 2 heterocycles. The van der Waals surface area contributed by atoms with Gasteiger partial charge in [-0.2, -0.15) is 5.10 Å². The first-order valence-corrected chi connectivity index (χ1v) is 5.86. The Hall–Kier alpha value is -1.71. The summed E-state index contributed by atoms with van der Waals surface area (Å²) < 4.78 is 7.07. The maximum Gasteiger partial charge on any atom is 0.125 e. The van der Waals surface area contributed by atoms with E-state index in [0.717, 1.165) is 34.8 Å². The third-order valence-corrected chi connectivity index (χ3v) is 2.81. The van der Waals surface area contributed by atoms with E-state index >= 15 is 0 Å². The second-order valence-corrected chi connectivity index (χ2v) is 4.88. The van der Waals surface area contributed by atoms with Gasteiger partial charge >= 0.3 is 0 Å². The molecule has 0 unspecified atom stereocenters. The number of nitrogens with zero attached hydrogens (tertiary/aromatic N) is 2. The molecule has 0 aliphatic rings. The number of nitrogen functional groups attached to an aromatic ring is 1. The molecule has 0 spiro atoms. The van der Waals surface area contributed by atoms with Gasteiger partial charge < -0.3 is 10.2 Å². The SMILES string of the molecule is Cc1cc(-c2nn(C)c(N)c2CC(C)C)co1. The van der Waals surface area contributed by atoms with Crippen molar-refractivity contribution in [2.45, 2.75) is 27.2 Å². The van der Waals surface area contributed by atoms with Crippen molar-refractivity contribution in [3.63, 3.8) is 0 Å². The smallest absolute Gasteiger partial charge is 0.125 e. The van der Waals surface area contributed by atoms with E-state index in [1.807, 2.05) is 20.0 Å². The van der Waals surface area contributed by atoms with Gasteiger partial charge in [0.1, 0.15) is 23.5 Å². The molecule has 0 fully saturated rings. The summed E-state index contributed by atoms with van der Waals surface area (Å²) in [4.78, 5) is 0. The van der Waals surface area contributed by atoms with Gasteiger partial charge in [-0.3, -0.25) is 4.68 Å². The molecule has 0 bridgehead atoms. The molecule has 17 heavy (non-hydrogen) atoms. The summed E-state index contributed by atoms with van der Waals surface area (Å²) in [6, 6.07) is 1.99. The number of rotatable bonds is 3. The van der Waals surface area contributed by atoms with Crippen molar-refractivity contribution in [2.24, 2.45) is 13.0 Å². The summed E-state index contributed by atoms with van der Waals surface area (Å²) >= 11 is 0. The molecule has 0 saturated carbocycles. The molecule has 0 aromatic carbocycles. The second-order valence-electron chi connectivity index (χ2n) is 4.88. The summed E-state index contributed by atoms with van der Waals surface area (Å²) in [6.07, 6.45) is 2.67. The van der Waals surface area contributed by atoms with Gasteiger partial charge in [-0.25, -0.2) is 0 Å². The third kappa shape index (κ3) is 2.20. The number of aryl methyl sites for hydroxylation is 2. The van der Waals surface area contributed by atoms with E-state index < -0.39 is 0 Å². The molecule has 2 N–H and O–H groups in total. The van der Waals surface area contributed by atoms with E-state index in [1.165, 1.54) is 0 Å². The Morgan fingerprint density at radius 2 is 2.18 bits per heavy atom. The van der Waals surface area contributed by atoms with Crippen molar-refractivity contribution >= 4 is 5.82 Å². The van der Waals surface area contributed by atoms with Crippen LogP contribution in [0.5, 0.6) is 0 Å². The predicted molar refractivity (Wildman–Crippen MR) is 68.6 cm³/mol. The lowest BCUT2D eigenvalue weighted by Gasteiger charge is -2.05. The Morgan fingerprint density at radius 1 is 1.47 bits per heavy atom. The molecule has 4 heteroatoms. The van der Waals surface area contributed by atoms with Gasteiger partial charge in [0.25, 0.3) is 0 Å². The zero-order valence-electron chi connectivity index (χ0n) is 10.8. The predicted octanol–water partition coefficient (Wildman–Crippen LogP) is 2.77. The Balaban J connectivity index is 2.49. The Morgan fingerprint density at radius 3 is 2.71 bits per heavy atom. The molecule has 0 aliphatic heterocycles. The van der Waals surface area contributed by atoms with Crippen LogP contribution in [-0.4, -0.2) is 9.78 Å². The van der Waals surface area contributed by atoms with E-state index in [9.17, 15) is 0 Å². The Kier molecular flexibility index (Phi) is 2.96. The second kappa shape index (κ2) is 4.28. The first kappa shape index (κ1) is 11.8. The van der Waals surface area contributed by atoms with Crippen LogP contribution in [0.2, 0.25) is 0 Å². The normalized spacial score (nSPS) is 11.4. The van der Waals surface area contributed by atoms with Crippen LogP contribution >= 0.6 is 0 Å². The van der Waals surface area contributed by atoms with E-state index in [-0.39, 0.29) is 0 Å². The molecular weight excluding hydrogens is 214 g/mol. The van der Waals surface area contributed by atoms with Gasteiger partial charge in [0.05, 0.1) is 0 Å². The number of furan rings is 1. The molecule has 0 atom stereocenters. The van der Waals surface area contributed by atoms with Gasteiger partial charge in [-0.05, 0) is 25.3 Å². The topological polar surface area (TPSA) is 57.0 Å². The highest BCUT2D eigenvalue weighted by molar-refractivity contribution is 5.68. The molecule has 2 rings (SSSR count). The number of hydrogen-bond acceptors (Lipinski definition) is 3. The largest absolute Gasteiger partial charge is 0.469 e. The summed E-state index contributed by atoms with van der Waals surface area (Å²) in [7, 11) is 1.87. The third-order valence-electron chi connectivity index (χ3n) is 2.81. The van der Waals surface area contributed by atoms with Crippen molar-refractivity contribution in [3.05, 3.63) is 23.7 Å². The number of hydrogen-bond donors (Lipinski definition) is 1. The first-order chi connectivity index (χ1) is 7.99. The molecule has 2 aromatic heterocycles. The minimum atomic E-state index is 0.549. The molecule has 2 aromatic rings. The highest BCUT2D eigenvalue weighted by atomic mass is 16.3. The van der Waals surface area contributed by atoms with Gasteiger partial charge in [0, 0.05) is 18.2 Å². The lowest BCUT2D eigenvalue weighted by atomic mass is 10.0. The standard InChI is InChI=1S/C13H19N3O/c1-8(2)5-11-12(15-16(4)13(11)14)10-6-9(3)17-7-10/h6-8H,5,14H2,1-4H3. The molecule has 0 amide bonds. The van der Waals surface area contributed by atoms with Crippen molar-refractivity contribution in [1.82, 2.24) is 9.78 Å². The Bertz CT molecular complexity index is 523. The highest BCUT2D eigenvalue weighted by Gasteiger charge is 2.17. The minimum Gasteiger partial charge on any atom is -0.469 e. The van der Waals surface area contributed by atoms with Crippen LogP contribution in [0, 0.1) is 12.8 Å². The van der Waals surface area contributed by atoms with Crippen molar-refractivity contribution in [3.8, 4) is 11.3 Å². The molecule has 92 valence electrons. The van der Waals surface area contributed by atoms with E-state index in [2.05, 4.69) is 18.9 Å². The zero-order valence-corrected chi connectivity index (χ0v) is 10.8. The van der Waals surface area contributed by atoms with E-state index in [1.54, 1.807) is 10.9 Å². The summed E-state index contributed by atoms with van der Waals surface area (Å²) in [6.45, 7) is 6.28. The minimum absolute atomic E-state index is 0.549. The van der Waals surface area contributed by atoms with Crippen molar-refractivity contribution < 1.29 is 4.42 Å². The van der Waals surface area contributed by atoms with Crippen LogP contribution in [0.3, 0.4) is 0 Å². The van der Waals surface area contributed by atoms with Gasteiger partial charge in [0.2, 0.25) is 0 Å². The quantitative estimate of drug-likeness (QED) is 0.886. The summed E-state index contributed by atoms with van der Waals surface area (Å²) in [5.74, 6) is 2.18. The summed E-state index contributed by atoms with van der Waals surface area (Å²) in [5, 5.41) is 4.48.